The Morgan fingerprint density at radius 3 is 2.95 bits per heavy atom. The van der Waals surface area contributed by atoms with E-state index in [1.54, 1.807) is 6.20 Å². The number of rotatable bonds is 5. The monoisotopic (exact) mass is 284 g/mol. The van der Waals surface area contributed by atoms with E-state index in [0.29, 0.717) is 6.54 Å². The zero-order valence-corrected chi connectivity index (χ0v) is 12.0. The van der Waals surface area contributed by atoms with Gasteiger partial charge >= 0.3 is 0 Å². The van der Waals surface area contributed by atoms with Crippen molar-refractivity contribution in [1.82, 2.24) is 19.3 Å². The van der Waals surface area contributed by atoms with Crippen molar-refractivity contribution < 1.29 is 8.42 Å². The fourth-order valence-electron chi connectivity index (χ4n) is 2.61. The van der Waals surface area contributed by atoms with Gasteiger partial charge in [-0.25, -0.2) is 9.44 Å². The van der Waals surface area contributed by atoms with Crippen molar-refractivity contribution in [1.29, 1.82) is 0 Å². The van der Waals surface area contributed by atoms with Crippen LogP contribution in [-0.4, -0.2) is 45.5 Å². The second-order valence-corrected chi connectivity index (χ2v) is 6.52. The highest BCUT2D eigenvalue weighted by Gasteiger charge is 2.33. The summed E-state index contributed by atoms with van der Waals surface area (Å²) in [6, 6.07) is 4.17. The van der Waals surface area contributed by atoms with Crippen molar-refractivity contribution in [2.45, 2.75) is 12.5 Å². The van der Waals surface area contributed by atoms with Gasteiger partial charge in [0.25, 0.3) is 10.2 Å². The molecular weight excluding hydrogens is 264 g/mol. The zero-order chi connectivity index (χ0) is 13.9. The van der Waals surface area contributed by atoms with Gasteiger partial charge in [0, 0.05) is 32.0 Å². The van der Waals surface area contributed by atoms with E-state index >= 15 is 0 Å². The molecule has 19 heavy (non-hydrogen) atoms. The first-order chi connectivity index (χ1) is 9.03. The highest BCUT2D eigenvalue weighted by Crippen LogP contribution is 2.35. The smallest absolute Gasteiger partial charge is 0.276 e. The molecule has 1 fully saturated rings. The minimum absolute atomic E-state index is 0.216. The van der Waals surface area contributed by atoms with Gasteiger partial charge in [-0.15, -0.1) is 0 Å². The van der Waals surface area contributed by atoms with E-state index in [0.717, 1.165) is 18.5 Å². The number of nitrogens with zero attached hydrogens (tertiary/aromatic N) is 2. The molecule has 0 amide bonds. The standard InChI is InChI=1S/C12H20N4O2S/c1-13-19(17,18)15-9-11-5-7-16(2)12(11)10-4-3-6-14-8-10/h3-4,6,8,11-13,15H,5,7,9H2,1-2H3/t11-,12-/m0/s1. The average Bonchev–Trinajstić information content (AvgIpc) is 2.79. The summed E-state index contributed by atoms with van der Waals surface area (Å²) in [7, 11) is 0.100. The molecule has 1 aliphatic heterocycles. The van der Waals surface area contributed by atoms with Gasteiger partial charge in [-0.2, -0.15) is 8.42 Å². The Balaban J connectivity index is 2.08. The molecule has 2 heterocycles. The molecule has 2 atom stereocenters. The summed E-state index contributed by atoms with van der Waals surface area (Å²) in [6.45, 7) is 1.40. The quantitative estimate of drug-likeness (QED) is 0.806. The first-order valence-electron chi connectivity index (χ1n) is 6.32. The molecule has 0 spiro atoms. The van der Waals surface area contributed by atoms with Crippen molar-refractivity contribution in [3.05, 3.63) is 30.1 Å². The van der Waals surface area contributed by atoms with Gasteiger partial charge in [-0.3, -0.25) is 9.88 Å². The number of likely N-dealkylation sites (tertiary alicyclic amines) is 1. The maximum atomic E-state index is 11.4. The SMILES string of the molecule is CNS(=O)(=O)NC[C@@H]1CCN(C)[C@H]1c1cccnc1. The van der Waals surface area contributed by atoms with Crippen molar-refractivity contribution in [3.63, 3.8) is 0 Å². The Labute approximate surface area is 114 Å². The maximum Gasteiger partial charge on any atom is 0.276 e. The lowest BCUT2D eigenvalue weighted by Gasteiger charge is -2.25. The Morgan fingerprint density at radius 2 is 2.32 bits per heavy atom. The molecule has 1 aromatic heterocycles. The topological polar surface area (TPSA) is 74.3 Å². The summed E-state index contributed by atoms with van der Waals surface area (Å²) >= 11 is 0. The largest absolute Gasteiger partial charge is 0.299 e. The van der Waals surface area contributed by atoms with Crippen molar-refractivity contribution in [3.8, 4) is 0 Å². The van der Waals surface area contributed by atoms with Gasteiger partial charge in [0.2, 0.25) is 0 Å². The Hall–Kier alpha value is -1.02. The molecule has 0 aliphatic carbocycles. The number of pyridine rings is 1. The van der Waals surface area contributed by atoms with Gasteiger partial charge in [0.15, 0.2) is 0 Å². The molecule has 106 valence electrons. The fraction of sp³-hybridized carbons (Fsp3) is 0.583. The van der Waals surface area contributed by atoms with Crippen LogP contribution < -0.4 is 9.44 Å². The van der Waals surface area contributed by atoms with Crippen LogP contribution in [0.25, 0.3) is 0 Å². The molecule has 7 heteroatoms. The molecular formula is C12H20N4O2S. The Morgan fingerprint density at radius 1 is 1.53 bits per heavy atom. The van der Waals surface area contributed by atoms with Gasteiger partial charge in [-0.1, -0.05) is 6.07 Å². The van der Waals surface area contributed by atoms with E-state index < -0.39 is 10.2 Å². The van der Waals surface area contributed by atoms with E-state index in [1.165, 1.54) is 7.05 Å². The van der Waals surface area contributed by atoms with Crippen LogP contribution in [0.15, 0.2) is 24.5 Å². The molecule has 0 saturated carbocycles. The van der Waals surface area contributed by atoms with E-state index in [2.05, 4.69) is 26.4 Å². The summed E-state index contributed by atoms with van der Waals surface area (Å²) in [5.74, 6) is 0.261. The van der Waals surface area contributed by atoms with Crippen molar-refractivity contribution in [2.75, 3.05) is 27.2 Å². The number of aromatic nitrogens is 1. The van der Waals surface area contributed by atoms with Gasteiger partial charge in [0.1, 0.15) is 0 Å². The van der Waals surface area contributed by atoms with Gasteiger partial charge < -0.3 is 0 Å². The van der Waals surface area contributed by atoms with Crippen molar-refractivity contribution in [2.24, 2.45) is 5.92 Å². The minimum atomic E-state index is -3.36. The second-order valence-electron chi connectivity index (χ2n) is 4.82. The van der Waals surface area contributed by atoms with Crippen LogP contribution in [0.5, 0.6) is 0 Å². The summed E-state index contributed by atoms with van der Waals surface area (Å²) in [5, 5.41) is 0. The summed E-state index contributed by atoms with van der Waals surface area (Å²) in [6.07, 6.45) is 4.57. The molecule has 2 N–H and O–H groups in total. The maximum absolute atomic E-state index is 11.4. The van der Waals surface area contributed by atoms with Crippen LogP contribution in [0.3, 0.4) is 0 Å². The molecule has 2 rings (SSSR count). The van der Waals surface area contributed by atoms with E-state index in [9.17, 15) is 8.42 Å². The first-order valence-corrected chi connectivity index (χ1v) is 7.80. The molecule has 6 nitrogen and oxygen atoms in total. The first kappa shape index (κ1) is 14.4. The predicted molar refractivity (Wildman–Crippen MR) is 73.7 cm³/mol. The van der Waals surface area contributed by atoms with Gasteiger partial charge in [-0.05, 0) is 37.6 Å². The molecule has 0 unspecified atom stereocenters. The van der Waals surface area contributed by atoms with E-state index in [1.807, 2.05) is 18.3 Å². The van der Waals surface area contributed by atoms with Crippen LogP contribution in [0.2, 0.25) is 0 Å². The average molecular weight is 284 g/mol. The lowest BCUT2D eigenvalue weighted by molar-refractivity contribution is 0.276. The normalized spacial score (nSPS) is 24.7. The van der Waals surface area contributed by atoms with E-state index in [4.69, 9.17) is 0 Å². The van der Waals surface area contributed by atoms with Crippen LogP contribution in [-0.2, 0) is 10.2 Å². The predicted octanol–water partition coefficient (Wildman–Crippen LogP) is 0.128. The van der Waals surface area contributed by atoms with Crippen molar-refractivity contribution >= 4 is 10.2 Å². The lowest BCUT2D eigenvalue weighted by atomic mass is 9.95. The summed E-state index contributed by atoms with van der Waals surface area (Å²) < 4.78 is 27.7. The van der Waals surface area contributed by atoms with Crippen LogP contribution in [0.1, 0.15) is 18.0 Å². The summed E-state index contributed by atoms with van der Waals surface area (Å²) in [5.41, 5.74) is 1.14. The second kappa shape index (κ2) is 5.96. The molecule has 0 bridgehead atoms. The van der Waals surface area contributed by atoms with Gasteiger partial charge in [0.05, 0.1) is 0 Å². The van der Waals surface area contributed by atoms with E-state index in [-0.39, 0.29) is 12.0 Å². The number of nitrogens with one attached hydrogen (secondary N) is 2. The molecule has 1 aromatic rings. The van der Waals surface area contributed by atoms with Crippen LogP contribution in [0.4, 0.5) is 0 Å². The molecule has 1 aliphatic rings. The molecule has 1 saturated heterocycles. The highest BCUT2D eigenvalue weighted by atomic mass is 32.2. The lowest BCUT2D eigenvalue weighted by Crippen LogP contribution is -2.38. The summed E-state index contributed by atoms with van der Waals surface area (Å²) in [4.78, 5) is 6.39. The molecule has 0 radical (unpaired) electrons. The minimum Gasteiger partial charge on any atom is -0.299 e. The van der Waals surface area contributed by atoms with Crippen LogP contribution >= 0.6 is 0 Å². The van der Waals surface area contributed by atoms with Crippen LogP contribution in [0, 0.1) is 5.92 Å². The Bertz CT molecular complexity index is 506. The fourth-order valence-corrected chi connectivity index (χ4v) is 3.18. The third-order valence-corrected chi connectivity index (χ3v) is 4.69. The third-order valence-electron chi connectivity index (χ3n) is 3.60. The Kier molecular flexibility index (Phi) is 4.51. The zero-order valence-electron chi connectivity index (χ0n) is 11.2. The molecule has 0 aromatic carbocycles. The number of hydrogen-bond donors (Lipinski definition) is 2. The third kappa shape index (κ3) is 3.50. The number of hydrogen-bond acceptors (Lipinski definition) is 4. The highest BCUT2D eigenvalue weighted by molar-refractivity contribution is 7.87.